The second-order valence-corrected chi connectivity index (χ2v) is 7.54. The Labute approximate surface area is 158 Å². The van der Waals surface area contributed by atoms with Crippen molar-refractivity contribution in [1.29, 1.82) is 0 Å². The molecule has 3 rings (SSSR count). The number of amidine groups is 1. The van der Waals surface area contributed by atoms with E-state index in [1.807, 2.05) is 31.3 Å². The number of thioether (sulfide) groups is 1. The van der Waals surface area contributed by atoms with Crippen molar-refractivity contribution in [3.63, 3.8) is 0 Å². The smallest absolute Gasteiger partial charge is 0.263 e. The van der Waals surface area contributed by atoms with Crippen LogP contribution in [0.15, 0.2) is 29.4 Å². The van der Waals surface area contributed by atoms with Gasteiger partial charge in [0.25, 0.3) is 5.91 Å². The van der Waals surface area contributed by atoms with E-state index in [-0.39, 0.29) is 17.9 Å². The third-order valence-corrected chi connectivity index (χ3v) is 5.48. The summed E-state index contributed by atoms with van der Waals surface area (Å²) in [4.78, 5) is 26.2. The first kappa shape index (κ1) is 18.7. The van der Waals surface area contributed by atoms with Crippen molar-refractivity contribution in [3.05, 3.63) is 29.8 Å². The number of fused-ring (bicyclic) bond motifs is 1. The maximum absolute atomic E-state index is 12.1. The summed E-state index contributed by atoms with van der Waals surface area (Å²) >= 11 is 1.79. The Morgan fingerprint density at radius 1 is 1.42 bits per heavy atom. The van der Waals surface area contributed by atoms with Gasteiger partial charge < -0.3 is 15.5 Å². The summed E-state index contributed by atoms with van der Waals surface area (Å²) in [5.74, 6) is 2.48. The lowest BCUT2D eigenvalue weighted by Crippen LogP contribution is -2.57. The highest BCUT2D eigenvalue weighted by atomic mass is 32.2. The molecule has 8 heteroatoms. The number of hydrogen-bond acceptors (Lipinski definition) is 6. The minimum absolute atomic E-state index is 0.0180. The molecule has 1 unspecified atom stereocenters. The van der Waals surface area contributed by atoms with Gasteiger partial charge >= 0.3 is 0 Å². The zero-order chi connectivity index (χ0) is 18.4. The fraction of sp³-hybridized carbons (Fsp3) is 0.500. The fourth-order valence-electron chi connectivity index (χ4n) is 3.10. The second kappa shape index (κ2) is 9.05. The minimum Gasteiger partial charge on any atom is -0.341 e. The van der Waals surface area contributed by atoms with Crippen LogP contribution in [0.4, 0.5) is 5.69 Å². The van der Waals surface area contributed by atoms with Crippen molar-refractivity contribution in [2.45, 2.75) is 25.3 Å². The van der Waals surface area contributed by atoms with Crippen LogP contribution in [0.3, 0.4) is 0 Å². The Kier molecular flexibility index (Phi) is 6.51. The molecule has 2 aliphatic rings. The first-order valence-corrected chi connectivity index (χ1v) is 10.1. The second-order valence-electron chi connectivity index (χ2n) is 6.39. The molecule has 1 aromatic rings. The lowest BCUT2D eigenvalue weighted by atomic mass is 10.1. The molecule has 2 amide bonds. The van der Waals surface area contributed by atoms with Gasteiger partial charge in [0.1, 0.15) is 6.04 Å². The minimum atomic E-state index is -0.174. The van der Waals surface area contributed by atoms with Crippen LogP contribution in [0, 0.1) is 0 Å². The van der Waals surface area contributed by atoms with Crippen LogP contribution in [-0.4, -0.2) is 60.2 Å². The Bertz CT molecular complexity index is 694. The summed E-state index contributed by atoms with van der Waals surface area (Å²) in [7, 11) is 1.91. The number of anilines is 1. The molecule has 140 valence electrons. The van der Waals surface area contributed by atoms with E-state index < -0.39 is 0 Å². The summed E-state index contributed by atoms with van der Waals surface area (Å²) in [6, 6.07) is 7.48. The molecule has 2 aliphatic heterocycles. The standard InChI is InChI=1S/C18H25N5O2S/c1-19-8-3-2-7-16(24)20-14-6-4-5-13(11-14)17-21-22-18(25)15-12-26-10-9-23(15)17/h4-6,11,15,19H,2-3,7-10,12H2,1H3,(H,20,24)(H,22,25). The number of nitrogens with zero attached hydrogens (tertiary/aromatic N) is 2. The molecule has 3 N–H and O–H groups in total. The molecule has 1 aromatic carbocycles. The predicted octanol–water partition coefficient (Wildman–Crippen LogP) is 1.22. The van der Waals surface area contributed by atoms with Crippen molar-refractivity contribution >= 4 is 35.1 Å². The van der Waals surface area contributed by atoms with Crippen molar-refractivity contribution in [3.8, 4) is 0 Å². The molecule has 0 saturated carbocycles. The van der Waals surface area contributed by atoms with Crippen LogP contribution in [0.25, 0.3) is 0 Å². The Morgan fingerprint density at radius 3 is 3.15 bits per heavy atom. The van der Waals surface area contributed by atoms with Gasteiger partial charge in [0.05, 0.1) is 0 Å². The monoisotopic (exact) mass is 375 g/mol. The van der Waals surface area contributed by atoms with Gasteiger partial charge in [-0.15, -0.1) is 0 Å². The van der Waals surface area contributed by atoms with Gasteiger partial charge in [0, 0.05) is 35.7 Å². The summed E-state index contributed by atoms with van der Waals surface area (Å²) in [5.41, 5.74) is 4.28. The summed E-state index contributed by atoms with van der Waals surface area (Å²) in [6.45, 7) is 1.72. The highest BCUT2D eigenvalue weighted by Gasteiger charge is 2.35. The van der Waals surface area contributed by atoms with E-state index in [2.05, 4.69) is 26.1 Å². The van der Waals surface area contributed by atoms with Crippen molar-refractivity contribution in [2.75, 3.05) is 37.0 Å². The maximum Gasteiger partial charge on any atom is 0.263 e. The first-order valence-electron chi connectivity index (χ1n) is 8.96. The van der Waals surface area contributed by atoms with E-state index in [0.29, 0.717) is 6.42 Å². The van der Waals surface area contributed by atoms with E-state index in [4.69, 9.17) is 0 Å². The van der Waals surface area contributed by atoms with E-state index in [1.54, 1.807) is 11.8 Å². The van der Waals surface area contributed by atoms with Gasteiger partial charge in [-0.05, 0) is 38.6 Å². The topological polar surface area (TPSA) is 85.8 Å². The van der Waals surface area contributed by atoms with E-state index in [9.17, 15) is 9.59 Å². The van der Waals surface area contributed by atoms with E-state index in [0.717, 1.165) is 54.5 Å². The number of hydrazone groups is 1. The zero-order valence-corrected chi connectivity index (χ0v) is 15.8. The molecule has 1 saturated heterocycles. The van der Waals surface area contributed by atoms with Crippen LogP contribution in [0.2, 0.25) is 0 Å². The molecular formula is C18H25N5O2S. The lowest BCUT2D eigenvalue weighted by Gasteiger charge is -2.38. The normalized spacial score (nSPS) is 19.4. The van der Waals surface area contributed by atoms with Gasteiger partial charge in [-0.2, -0.15) is 16.9 Å². The highest BCUT2D eigenvalue weighted by molar-refractivity contribution is 7.99. The predicted molar refractivity (Wildman–Crippen MR) is 105 cm³/mol. The largest absolute Gasteiger partial charge is 0.341 e. The Hall–Kier alpha value is -2.06. The molecule has 1 fully saturated rings. The SMILES string of the molecule is CNCCCCC(=O)Nc1cccc(C2=NNC(=O)C3CSCCN23)c1. The van der Waals surface area contributed by atoms with Crippen LogP contribution in [0.1, 0.15) is 24.8 Å². The van der Waals surface area contributed by atoms with Gasteiger partial charge in [-0.25, -0.2) is 5.43 Å². The van der Waals surface area contributed by atoms with Crippen LogP contribution in [-0.2, 0) is 9.59 Å². The average molecular weight is 375 g/mol. The Morgan fingerprint density at radius 2 is 2.31 bits per heavy atom. The molecule has 0 radical (unpaired) electrons. The summed E-state index contributed by atoms with van der Waals surface area (Å²) in [6.07, 6.45) is 2.35. The number of benzene rings is 1. The third-order valence-electron chi connectivity index (χ3n) is 4.46. The van der Waals surface area contributed by atoms with Crippen LogP contribution in [0.5, 0.6) is 0 Å². The van der Waals surface area contributed by atoms with Crippen molar-refractivity contribution in [2.24, 2.45) is 5.10 Å². The molecule has 0 aliphatic carbocycles. The number of carbonyl (C=O) groups is 2. The van der Waals surface area contributed by atoms with Gasteiger partial charge in [0.15, 0.2) is 5.84 Å². The number of amides is 2. The quantitative estimate of drug-likeness (QED) is 0.624. The fourth-order valence-corrected chi connectivity index (χ4v) is 4.15. The van der Waals surface area contributed by atoms with E-state index in [1.165, 1.54) is 0 Å². The van der Waals surface area contributed by atoms with Gasteiger partial charge in [-0.3, -0.25) is 9.59 Å². The molecule has 0 aromatic heterocycles. The maximum atomic E-state index is 12.1. The van der Waals surface area contributed by atoms with Crippen molar-refractivity contribution in [1.82, 2.24) is 15.6 Å². The van der Waals surface area contributed by atoms with Crippen molar-refractivity contribution < 1.29 is 9.59 Å². The number of rotatable bonds is 7. The summed E-state index contributed by atoms with van der Waals surface area (Å²) in [5, 5.41) is 10.3. The Balaban J connectivity index is 1.67. The molecule has 0 spiro atoms. The molecule has 0 bridgehead atoms. The zero-order valence-electron chi connectivity index (χ0n) is 15.0. The van der Waals surface area contributed by atoms with Gasteiger partial charge in [-0.1, -0.05) is 12.1 Å². The molecule has 1 atom stereocenters. The first-order chi connectivity index (χ1) is 12.7. The number of carbonyl (C=O) groups excluding carboxylic acids is 2. The average Bonchev–Trinajstić information content (AvgIpc) is 2.66. The number of hydrogen-bond donors (Lipinski definition) is 3. The van der Waals surface area contributed by atoms with Gasteiger partial charge in [0.2, 0.25) is 5.91 Å². The molecule has 2 heterocycles. The lowest BCUT2D eigenvalue weighted by molar-refractivity contribution is -0.125. The number of unbranched alkanes of at least 4 members (excludes halogenated alkanes) is 1. The summed E-state index contributed by atoms with van der Waals surface area (Å²) < 4.78 is 0. The molecular weight excluding hydrogens is 350 g/mol. The number of nitrogens with one attached hydrogen (secondary N) is 3. The molecule has 7 nitrogen and oxygen atoms in total. The van der Waals surface area contributed by atoms with Crippen LogP contribution < -0.4 is 16.1 Å². The third kappa shape index (κ3) is 4.56. The molecule has 26 heavy (non-hydrogen) atoms. The van der Waals surface area contributed by atoms with E-state index >= 15 is 0 Å². The highest BCUT2D eigenvalue weighted by Crippen LogP contribution is 2.23. The van der Waals surface area contributed by atoms with Crippen LogP contribution >= 0.6 is 11.8 Å².